The highest BCUT2D eigenvalue weighted by Gasteiger charge is 2.29. The first kappa shape index (κ1) is 17.4. The Bertz CT molecular complexity index is 699. The van der Waals surface area contributed by atoms with E-state index in [2.05, 4.69) is 15.4 Å². The second-order valence-electron chi connectivity index (χ2n) is 6.35. The van der Waals surface area contributed by atoms with Crippen LogP contribution in [0.4, 0.5) is 0 Å². The summed E-state index contributed by atoms with van der Waals surface area (Å²) in [5.41, 5.74) is 2.00. The van der Waals surface area contributed by atoms with Gasteiger partial charge in [-0.2, -0.15) is 5.10 Å². The minimum Gasteiger partial charge on any atom is -0.486 e. The minimum atomic E-state index is -0.156. The molecule has 3 heterocycles. The maximum Gasteiger partial charge on any atom is 0.220 e. The molecule has 1 fully saturated rings. The normalized spacial score (nSPS) is 20.2. The highest BCUT2D eigenvalue weighted by atomic mass is 16.5. The minimum absolute atomic E-state index is 0.00464. The van der Waals surface area contributed by atoms with Gasteiger partial charge in [0.05, 0.1) is 31.6 Å². The van der Waals surface area contributed by atoms with E-state index in [0.717, 1.165) is 17.7 Å². The van der Waals surface area contributed by atoms with E-state index >= 15 is 0 Å². The number of amides is 1. The lowest BCUT2D eigenvalue weighted by Crippen LogP contribution is -2.51. The summed E-state index contributed by atoms with van der Waals surface area (Å²) in [7, 11) is 1.87. The fraction of sp³-hybridized carbons (Fsp3) is 0.500. The van der Waals surface area contributed by atoms with E-state index < -0.39 is 0 Å². The number of pyridine rings is 1. The van der Waals surface area contributed by atoms with Gasteiger partial charge in [-0.3, -0.25) is 14.5 Å². The fourth-order valence-corrected chi connectivity index (χ4v) is 2.83. The van der Waals surface area contributed by atoms with E-state index in [-0.39, 0.29) is 18.1 Å². The third-order valence-corrected chi connectivity index (χ3v) is 4.21. The van der Waals surface area contributed by atoms with Gasteiger partial charge in [0, 0.05) is 31.8 Å². The van der Waals surface area contributed by atoms with Crippen molar-refractivity contribution in [3.8, 4) is 5.75 Å². The molecule has 0 spiro atoms. The molecule has 2 atom stereocenters. The summed E-state index contributed by atoms with van der Waals surface area (Å²) < 4.78 is 13.3. The number of carbonyl (C=O) groups excluding carboxylic acids is 1. The number of carbonyl (C=O) groups is 1. The standard InChI is InChI=1S/C18H24N4O3/c1-13-3-5-15(10-19-13)25-17-7-8-24-12-16(17)21-18(23)6-4-14-9-20-22(2)11-14/h3,5,9-11,16-17H,4,6-8,12H2,1-2H3,(H,21,23)/t16-,17+/m0/s1. The molecule has 7 heteroatoms. The van der Waals surface area contributed by atoms with Gasteiger partial charge in [-0.05, 0) is 31.0 Å². The van der Waals surface area contributed by atoms with Gasteiger partial charge in [-0.1, -0.05) is 0 Å². The number of hydrogen-bond acceptors (Lipinski definition) is 5. The second kappa shape index (κ2) is 8.11. The van der Waals surface area contributed by atoms with Crippen LogP contribution in [0.5, 0.6) is 5.75 Å². The van der Waals surface area contributed by atoms with Crippen molar-refractivity contribution in [2.24, 2.45) is 7.05 Å². The summed E-state index contributed by atoms with van der Waals surface area (Å²) in [4.78, 5) is 16.5. The van der Waals surface area contributed by atoms with E-state index in [9.17, 15) is 4.79 Å². The molecule has 25 heavy (non-hydrogen) atoms. The van der Waals surface area contributed by atoms with Crippen molar-refractivity contribution in [2.45, 2.75) is 38.3 Å². The van der Waals surface area contributed by atoms with Crippen molar-refractivity contribution < 1.29 is 14.3 Å². The molecule has 7 nitrogen and oxygen atoms in total. The topological polar surface area (TPSA) is 78.3 Å². The van der Waals surface area contributed by atoms with Gasteiger partial charge < -0.3 is 14.8 Å². The van der Waals surface area contributed by atoms with Crippen molar-refractivity contribution in [3.63, 3.8) is 0 Å². The largest absolute Gasteiger partial charge is 0.486 e. The van der Waals surface area contributed by atoms with Crippen molar-refractivity contribution in [2.75, 3.05) is 13.2 Å². The quantitative estimate of drug-likeness (QED) is 0.857. The molecule has 0 aliphatic carbocycles. The van der Waals surface area contributed by atoms with Crippen LogP contribution in [0.3, 0.4) is 0 Å². The third kappa shape index (κ3) is 5.03. The lowest BCUT2D eigenvalue weighted by molar-refractivity contribution is -0.124. The molecule has 1 saturated heterocycles. The van der Waals surface area contributed by atoms with Crippen LogP contribution in [0.25, 0.3) is 0 Å². The highest BCUT2D eigenvalue weighted by molar-refractivity contribution is 5.76. The zero-order chi connectivity index (χ0) is 17.6. The monoisotopic (exact) mass is 344 g/mol. The summed E-state index contributed by atoms with van der Waals surface area (Å²) in [6, 6.07) is 3.66. The van der Waals surface area contributed by atoms with E-state index in [1.54, 1.807) is 17.1 Å². The fourth-order valence-electron chi connectivity index (χ4n) is 2.83. The number of nitrogens with one attached hydrogen (secondary N) is 1. The Balaban J connectivity index is 1.53. The molecule has 1 aliphatic heterocycles. The van der Waals surface area contributed by atoms with Gasteiger partial charge in [0.15, 0.2) is 0 Å². The van der Waals surface area contributed by atoms with Crippen LogP contribution in [0.2, 0.25) is 0 Å². The summed E-state index contributed by atoms with van der Waals surface area (Å²) in [5.74, 6) is 0.710. The number of nitrogens with zero attached hydrogens (tertiary/aromatic N) is 3. The van der Waals surface area contributed by atoms with Crippen LogP contribution in [0, 0.1) is 6.92 Å². The molecule has 3 rings (SSSR count). The van der Waals surface area contributed by atoms with Crippen LogP contribution in [0.1, 0.15) is 24.1 Å². The van der Waals surface area contributed by atoms with E-state index in [1.807, 2.05) is 32.3 Å². The Kier molecular flexibility index (Phi) is 5.65. The SMILES string of the molecule is Cc1ccc(O[C@@H]2CCOC[C@@H]2NC(=O)CCc2cnn(C)c2)cn1. The Labute approximate surface area is 147 Å². The average molecular weight is 344 g/mol. The molecular weight excluding hydrogens is 320 g/mol. The Hall–Kier alpha value is -2.41. The predicted octanol–water partition coefficient (Wildman–Crippen LogP) is 1.41. The van der Waals surface area contributed by atoms with Crippen LogP contribution in [-0.2, 0) is 23.0 Å². The third-order valence-electron chi connectivity index (χ3n) is 4.21. The maximum absolute atomic E-state index is 12.3. The molecule has 134 valence electrons. The molecule has 0 bridgehead atoms. The Morgan fingerprint density at radius 3 is 3.04 bits per heavy atom. The second-order valence-corrected chi connectivity index (χ2v) is 6.35. The lowest BCUT2D eigenvalue weighted by atomic mass is 10.1. The van der Waals surface area contributed by atoms with Crippen molar-refractivity contribution >= 4 is 5.91 Å². The molecule has 2 aromatic heterocycles. The van der Waals surface area contributed by atoms with Gasteiger partial charge in [0.25, 0.3) is 0 Å². The molecule has 0 aromatic carbocycles. The predicted molar refractivity (Wildman–Crippen MR) is 92.3 cm³/mol. The van der Waals surface area contributed by atoms with Gasteiger partial charge in [0.2, 0.25) is 5.91 Å². The summed E-state index contributed by atoms with van der Waals surface area (Å²) in [6.45, 7) is 3.03. The number of ether oxygens (including phenoxy) is 2. The van der Waals surface area contributed by atoms with Crippen LogP contribution >= 0.6 is 0 Å². The Morgan fingerprint density at radius 1 is 1.44 bits per heavy atom. The number of hydrogen-bond donors (Lipinski definition) is 1. The first-order chi connectivity index (χ1) is 12.1. The first-order valence-electron chi connectivity index (χ1n) is 8.54. The van der Waals surface area contributed by atoms with E-state index in [4.69, 9.17) is 9.47 Å². The van der Waals surface area contributed by atoms with Crippen molar-refractivity contribution in [1.29, 1.82) is 0 Å². The summed E-state index contributed by atoms with van der Waals surface area (Å²) in [6.07, 6.45) is 7.14. The summed E-state index contributed by atoms with van der Waals surface area (Å²) >= 11 is 0. The van der Waals surface area contributed by atoms with Crippen molar-refractivity contribution in [1.82, 2.24) is 20.1 Å². The van der Waals surface area contributed by atoms with E-state index in [0.29, 0.717) is 31.8 Å². The van der Waals surface area contributed by atoms with Gasteiger partial charge in [0.1, 0.15) is 11.9 Å². The van der Waals surface area contributed by atoms with Crippen LogP contribution in [0.15, 0.2) is 30.7 Å². The average Bonchev–Trinajstić information content (AvgIpc) is 3.02. The first-order valence-corrected chi connectivity index (χ1v) is 8.54. The molecule has 2 aromatic rings. The number of aryl methyl sites for hydroxylation is 3. The Morgan fingerprint density at radius 2 is 2.32 bits per heavy atom. The van der Waals surface area contributed by atoms with Crippen molar-refractivity contribution in [3.05, 3.63) is 42.0 Å². The molecule has 1 amide bonds. The molecule has 1 aliphatic rings. The molecule has 0 unspecified atom stereocenters. The van der Waals surface area contributed by atoms with Crippen LogP contribution in [-0.4, -0.2) is 46.0 Å². The zero-order valence-corrected chi connectivity index (χ0v) is 14.6. The molecule has 1 N–H and O–H groups in total. The highest BCUT2D eigenvalue weighted by Crippen LogP contribution is 2.18. The maximum atomic E-state index is 12.3. The number of rotatable bonds is 6. The molecule has 0 saturated carbocycles. The lowest BCUT2D eigenvalue weighted by Gasteiger charge is -2.32. The molecule has 0 radical (unpaired) electrons. The van der Waals surface area contributed by atoms with Gasteiger partial charge in [-0.25, -0.2) is 0 Å². The van der Waals surface area contributed by atoms with Gasteiger partial charge in [-0.15, -0.1) is 0 Å². The van der Waals surface area contributed by atoms with E-state index in [1.165, 1.54) is 0 Å². The molecular formula is C18H24N4O3. The zero-order valence-electron chi connectivity index (χ0n) is 14.6. The van der Waals surface area contributed by atoms with Crippen LogP contribution < -0.4 is 10.1 Å². The summed E-state index contributed by atoms with van der Waals surface area (Å²) in [5, 5.41) is 7.16. The smallest absolute Gasteiger partial charge is 0.220 e. The van der Waals surface area contributed by atoms with Gasteiger partial charge >= 0.3 is 0 Å². The number of aromatic nitrogens is 3.